The highest BCUT2D eigenvalue weighted by molar-refractivity contribution is 4.80. The molecule has 0 spiro atoms. The van der Waals surface area contributed by atoms with Crippen molar-refractivity contribution in [3.63, 3.8) is 0 Å². The molecule has 0 bridgehead atoms. The van der Waals surface area contributed by atoms with Gasteiger partial charge in [0.2, 0.25) is 0 Å². The Kier molecular flexibility index (Phi) is 16.4. The topological polar surface area (TPSA) is 3.24 Å². The molecule has 0 rings (SSSR count). The minimum absolute atomic E-state index is 0.379. The summed E-state index contributed by atoms with van der Waals surface area (Å²) < 4.78 is 0. The summed E-state index contributed by atoms with van der Waals surface area (Å²) in [5, 5.41) is 0. The monoisotopic (exact) mass is 339 g/mol. The van der Waals surface area contributed by atoms with Crippen molar-refractivity contribution in [2.24, 2.45) is 0 Å². The molecule has 0 N–H and O–H groups in total. The van der Waals surface area contributed by atoms with Crippen LogP contribution in [-0.4, -0.2) is 23.5 Å². The van der Waals surface area contributed by atoms with Gasteiger partial charge in [-0.05, 0) is 46.2 Å². The minimum Gasteiger partial charge on any atom is -0.298 e. The van der Waals surface area contributed by atoms with Crippen molar-refractivity contribution < 1.29 is 0 Å². The van der Waals surface area contributed by atoms with Crippen LogP contribution in [0.2, 0.25) is 0 Å². The predicted molar refractivity (Wildman–Crippen MR) is 112 cm³/mol. The molecule has 1 heteroatoms. The standard InChI is InChI=1S/C23H49N/c1-6-9-11-13-15-17-19-21-24(23(4,5)8-3)22-20-18-16-14-12-10-7-2/h6-22H2,1-5H3. The van der Waals surface area contributed by atoms with E-state index in [1.807, 2.05) is 0 Å². The van der Waals surface area contributed by atoms with Gasteiger partial charge in [-0.15, -0.1) is 0 Å². The van der Waals surface area contributed by atoms with E-state index in [1.54, 1.807) is 0 Å². The van der Waals surface area contributed by atoms with Crippen LogP contribution < -0.4 is 0 Å². The molecule has 0 aromatic carbocycles. The van der Waals surface area contributed by atoms with Crippen LogP contribution in [0.4, 0.5) is 0 Å². The molecule has 24 heavy (non-hydrogen) atoms. The Hall–Kier alpha value is -0.0400. The maximum atomic E-state index is 2.78. The maximum absolute atomic E-state index is 2.78. The van der Waals surface area contributed by atoms with E-state index in [2.05, 4.69) is 39.5 Å². The van der Waals surface area contributed by atoms with E-state index in [9.17, 15) is 0 Å². The second-order valence-electron chi connectivity index (χ2n) is 8.40. The van der Waals surface area contributed by atoms with E-state index >= 15 is 0 Å². The molecule has 0 aliphatic heterocycles. The molecule has 0 radical (unpaired) electrons. The minimum atomic E-state index is 0.379. The fourth-order valence-electron chi connectivity index (χ4n) is 3.46. The van der Waals surface area contributed by atoms with Crippen molar-refractivity contribution >= 4 is 0 Å². The zero-order chi connectivity index (χ0) is 18.1. The molecule has 0 aliphatic carbocycles. The number of hydrogen-bond acceptors (Lipinski definition) is 1. The van der Waals surface area contributed by atoms with Crippen molar-refractivity contribution in [3.05, 3.63) is 0 Å². The Morgan fingerprint density at radius 3 is 1.17 bits per heavy atom. The SMILES string of the molecule is CCCCCCCCCN(CCCCCCCCC)C(C)(C)CC. The Balaban J connectivity index is 3.86. The van der Waals surface area contributed by atoms with Gasteiger partial charge in [-0.2, -0.15) is 0 Å². The van der Waals surface area contributed by atoms with E-state index in [1.165, 1.54) is 109 Å². The first-order valence-electron chi connectivity index (χ1n) is 11.3. The van der Waals surface area contributed by atoms with Gasteiger partial charge in [0.15, 0.2) is 0 Å². The Bertz CT molecular complexity index is 228. The van der Waals surface area contributed by atoms with Gasteiger partial charge in [-0.1, -0.05) is 97.8 Å². The first-order valence-corrected chi connectivity index (χ1v) is 11.3. The maximum Gasteiger partial charge on any atom is 0.0150 e. The van der Waals surface area contributed by atoms with Gasteiger partial charge >= 0.3 is 0 Å². The van der Waals surface area contributed by atoms with Crippen LogP contribution in [0.15, 0.2) is 0 Å². The van der Waals surface area contributed by atoms with Crippen LogP contribution in [-0.2, 0) is 0 Å². The molecule has 1 nitrogen and oxygen atoms in total. The molecule has 0 unspecified atom stereocenters. The normalized spacial score (nSPS) is 12.2. The summed E-state index contributed by atoms with van der Waals surface area (Å²) in [7, 11) is 0. The molecule has 0 fully saturated rings. The lowest BCUT2D eigenvalue weighted by Crippen LogP contribution is -2.44. The molecular formula is C23H49N. The van der Waals surface area contributed by atoms with E-state index in [0.29, 0.717) is 5.54 Å². The van der Waals surface area contributed by atoms with E-state index in [0.717, 1.165) is 0 Å². The van der Waals surface area contributed by atoms with Crippen LogP contribution in [0.3, 0.4) is 0 Å². The molecule has 0 aromatic heterocycles. The smallest absolute Gasteiger partial charge is 0.0150 e. The van der Waals surface area contributed by atoms with E-state index < -0.39 is 0 Å². The summed E-state index contributed by atoms with van der Waals surface area (Å²) >= 11 is 0. The van der Waals surface area contributed by atoms with Gasteiger partial charge in [-0.3, -0.25) is 4.90 Å². The van der Waals surface area contributed by atoms with Crippen molar-refractivity contribution in [3.8, 4) is 0 Å². The average Bonchev–Trinajstić information content (AvgIpc) is 2.58. The molecule has 0 saturated heterocycles. The zero-order valence-electron chi connectivity index (χ0n) is 18.0. The largest absolute Gasteiger partial charge is 0.298 e. The Morgan fingerprint density at radius 2 is 0.833 bits per heavy atom. The molecule has 0 amide bonds. The van der Waals surface area contributed by atoms with Crippen molar-refractivity contribution in [2.45, 2.75) is 136 Å². The molecule has 146 valence electrons. The van der Waals surface area contributed by atoms with Gasteiger partial charge < -0.3 is 0 Å². The first-order chi connectivity index (χ1) is 11.6. The van der Waals surface area contributed by atoms with Gasteiger partial charge in [0.25, 0.3) is 0 Å². The Morgan fingerprint density at radius 1 is 0.500 bits per heavy atom. The zero-order valence-corrected chi connectivity index (χ0v) is 18.0. The van der Waals surface area contributed by atoms with Gasteiger partial charge in [-0.25, -0.2) is 0 Å². The second-order valence-corrected chi connectivity index (χ2v) is 8.40. The summed E-state index contributed by atoms with van der Waals surface area (Å²) in [6, 6.07) is 0. The van der Waals surface area contributed by atoms with Crippen LogP contribution in [0, 0.1) is 0 Å². The van der Waals surface area contributed by atoms with Crippen LogP contribution in [0.25, 0.3) is 0 Å². The third kappa shape index (κ3) is 13.3. The third-order valence-electron chi connectivity index (χ3n) is 5.78. The molecule has 0 aromatic rings. The lowest BCUT2D eigenvalue weighted by Gasteiger charge is -2.38. The first kappa shape index (κ1) is 24.0. The highest BCUT2D eigenvalue weighted by atomic mass is 15.2. The van der Waals surface area contributed by atoms with Crippen molar-refractivity contribution in [1.82, 2.24) is 4.90 Å². The lowest BCUT2D eigenvalue weighted by molar-refractivity contribution is 0.110. The van der Waals surface area contributed by atoms with Crippen LogP contribution in [0.5, 0.6) is 0 Å². The van der Waals surface area contributed by atoms with E-state index in [4.69, 9.17) is 0 Å². The number of rotatable bonds is 18. The van der Waals surface area contributed by atoms with Crippen LogP contribution in [0.1, 0.15) is 131 Å². The van der Waals surface area contributed by atoms with Gasteiger partial charge in [0.1, 0.15) is 0 Å². The van der Waals surface area contributed by atoms with E-state index in [-0.39, 0.29) is 0 Å². The van der Waals surface area contributed by atoms with Crippen molar-refractivity contribution in [2.75, 3.05) is 13.1 Å². The second kappa shape index (κ2) is 16.4. The summed E-state index contributed by atoms with van der Waals surface area (Å²) in [6.07, 6.45) is 21.1. The molecule has 0 saturated carbocycles. The molecule has 0 atom stereocenters. The summed E-state index contributed by atoms with van der Waals surface area (Å²) in [6.45, 7) is 14.4. The fraction of sp³-hybridized carbons (Fsp3) is 1.00. The molecular weight excluding hydrogens is 290 g/mol. The fourth-order valence-corrected chi connectivity index (χ4v) is 3.46. The summed E-state index contributed by atoms with van der Waals surface area (Å²) in [5.74, 6) is 0. The predicted octanol–water partition coefficient (Wildman–Crippen LogP) is 7.98. The number of nitrogens with zero attached hydrogens (tertiary/aromatic N) is 1. The highest BCUT2D eigenvalue weighted by Gasteiger charge is 2.23. The molecule has 0 aliphatic rings. The molecule has 0 heterocycles. The highest BCUT2D eigenvalue weighted by Crippen LogP contribution is 2.21. The van der Waals surface area contributed by atoms with Gasteiger partial charge in [0, 0.05) is 5.54 Å². The van der Waals surface area contributed by atoms with Gasteiger partial charge in [0.05, 0.1) is 0 Å². The summed E-state index contributed by atoms with van der Waals surface area (Å²) in [5.41, 5.74) is 0.379. The average molecular weight is 340 g/mol. The number of unbranched alkanes of at least 4 members (excludes halogenated alkanes) is 12. The lowest BCUT2D eigenvalue weighted by atomic mass is 9.97. The Labute approximate surface area is 155 Å². The van der Waals surface area contributed by atoms with Crippen molar-refractivity contribution in [1.29, 1.82) is 0 Å². The third-order valence-corrected chi connectivity index (χ3v) is 5.78. The quantitative estimate of drug-likeness (QED) is 0.229. The van der Waals surface area contributed by atoms with Crippen LogP contribution >= 0.6 is 0 Å². The summed E-state index contributed by atoms with van der Waals surface area (Å²) in [4.78, 5) is 2.78. The number of hydrogen-bond donors (Lipinski definition) is 0.